The lowest BCUT2D eigenvalue weighted by Crippen LogP contribution is -2.48. The molecule has 1 aromatic heterocycles. The minimum atomic E-state index is -0.114. The van der Waals surface area contributed by atoms with Crippen molar-refractivity contribution in [3.8, 4) is 0 Å². The van der Waals surface area contributed by atoms with Crippen LogP contribution in [-0.4, -0.2) is 76.6 Å². The van der Waals surface area contributed by atoms with Gasteiger partial charge in [0.2, 0.25) is 11.8 Å². The highest BCUT2D eigenvalue weighted by atomic mass is 16.5. The molecule has 138 valence electrons. The Morgan fingerprint density at radius 1 is 1.32 bits per heavy atom. The topological polar surface area (TPSA) is 98.8 Å². The molecular formula is C17H26N4O4. The molecule has 1 fully saturated rings. The Labute approximate surface area is 147 Å². The fourth-order valence-electron chi connectivity index (χ4n) is 3.99. The second-order valence-corrected chi connectivity index (χ2v) is 6.67. The van der Waals surface area contributed by atoms with E-state index < -0.39 is 0 Å². The van der Waals surface area contributed by atoms with E-state index >= 15 is 0 Å². The summed E-state index contributed by atoms with van der Waals surface area (Å²) < 4.78 is 5.04. The molecule has 2 N–H and O–H groups in total. The van der Waals surface area contributed by atoms with Gasteiger partial charge in [-0.1, -0.05) is 0 Å². The van der Waals surface area contributed by atoms with Crippen LogP contribution in [0.25, 0.3) is 0 Å². The normalized spacial score (nSPS) is 21.3. The maximum absolute atomic E-state index is 12.5. The number of hydrogen-bond acceptors (Lipinski definition) is 5. The third-order valence-corrected chi connectivity index (χ3v) is 5.22. The lowest BCUT2D eigenvalue weighted by molar-refractivity contribution is -0.141. The van der Waals surface area contributed by atoms with Crippen LogP contribution in [0.4, 0.5) is 0 Å². The quantitative estimate of drug-likeness (QED) is 0.785. The van der Waals surface area contributed by atoms with Crippen molar-refractivity contribution in [2.45, 2.75) is 31.7 Å². The third kappa shape index (κ3) is 3.69. The minimum Gasteiger partial charge on any atom is -0.396 e. The number of carbonyl (C=O) groups is 2. The zero-order valence-corrected chi connectivity index (χ0v) is 14.6. The smallest absolute Gasteiger partial charge is 0.249 e. The minimum absolute atomic E-state index is 0.00244. The predicted molar refractivity (Wildman–Crippen MR) is 89.6 cm³/mol. The van der Waals surface area contributed by atoms with Crippen molar-refractivity contribution in [1.29, 1.82) is 0 Å². The number of fused-ring (bicyclic) bond motifs is 1. The SMILES string of the molecule is COCC(=O)N1CCc2[nH]cnc2C1C1CCN(C(=O)CCO)CC1. The van der Waals surface area contributed by atoms with Gasteiger partial charge in [-0.25, -0.2) is 4.98 Å². The largest absolute Gasteiger partial charge is 0.396 e. The van der Waals surface area contributed by atoms with Crippen LogP contribution in [0.15, 0.2) is 6.33 Å². The van der Waals surface area contributed by atoms with Crippen molar-refractivity contribution in [3.63, 3.8) is 0 Å². The zero-order chi connectivity index (χ0) is 17.8. The van der Waals surface area contributed by atoms with Gasteiger partial charge in [0.15, 0.2) is 0 Å². The molecule has 25 heavy (non-hydrogen) atoms. The first-order valence-corrected chi connectivity index (χ1v) is 8.85. The number of aromatic nitrogens is 2. The highest BCUT2D eigenvalue weighted by molar-refractivity contribution is 5.78. The first-order chi connectivity index (χ1) is 12.2. The van der Waals surface area contributed by atoms with Crippen molar-refractivity contribution in [3.05, 3.63) is 17.7 Å². The zero-order valence-electron chi connectivity index (χ0n) is 14.6. The molecule has 1 atom stereocenters. The van der Waals surface area contributed by atoms with Crippen LogP contribution in [0.2, 0.25) is 0 Å². The summed E-state index contributed by atoms with van der Waals surface area (Å²) in [5, 5.41) is 8.94. The molecule has 0 spiro atoms. The number of ether oxygens (including phenoxy) is 1. The Balaban J connectivity index is 1.74. The van der Waals surface area contributed by atoms with Gasteiger partial charge in [0.05, 0.1) is 24.7 Å². The highest BCUT2D eigenvalue weighted by Crippen LogP contribution is 2.38. The number of piperidine rings is 1. The van der Waals surface area contributed by atoms with Gasteiger partial charge in [0, 0.05) is 45.3 Å². The van der Waals surface area contributed by atoms with E-state index in [1.807, 2.05) is 9.80 Å². The molecule has 0 saturated carbocycles. The van der Waals surface area contributed by atoms with Gasteiger partial charge in [0.25, 0.3) is 0 Å². The predicted octanol–water partition coefficient (Wildman–Crippen LogP) is 0.103. The second kappa shape index (κ2) is 7.97. The molecule has 3 rings (SSSR count). The number of hydrogen-bond donors (Lipinski definition) is 2. The molecule has 0 aromatic carbocycles. The number of aliphatic hydroxyl groups excluding tert-OH is 1. The van der Waals surface area contributed by atoms with E-state index in [1.54, 1.807) is 6.33 Å². The number of likely N-dealkylation sites (tertiary alicyclic amines) is 1. The number of imidazole rings is 1. The molecule has 1 unspecified atom stereocenters. The summed E-state index contributed by atoms with van der Waals surface area (Å²) in [4.78, 5) is 35.8. The molecule has 8 nitrogen and oxygen atoms in total. The second-order valence-electron chi connectivity index (χ2n) is 6.67. The number of carbonyl (C=O) groups excluding carboxylic acids is 2. The van der Waals surface area contributed by atoms with Gasteiger partial charge in [-0.2, -0.15) is 0 Å². The van der Waals surface area contributed by atoms with E-state index in [0.717, 1.165) is 30.7 Å². The number of aromatic amines is 1. The van der Waals surface area contributed by atoms with E-state index in [2.05, 4.69) is 9.97 Å². The summed E-state index contributed by atoms with van der Waals surface area (Å²) in [5.74, 6) is 0.249. The summed E-state index contributed by atoms with van der Waals surface area (Å²) in [6.45, 7) is 1.94. The van der Waals surface area contributed by atoms with E-state index in [0.29, 0.717) is 19.6 Å². The lowest BCUT2D eigenvalue weighted by atomic mass is 9.83. The van der Waals surface area contributed by atoms with Crippen LogP contribution in [0.1, 0.15) is 36.7 Å². The van der Waals surface area contributed by atoms with Crippen LogP contribution >= 0.6 is 0 Å². The number of amides is 2. The summed E-state index contributed by atoms with van der Waals surface area (Å²) in [6.07, 6.45) is 4.29. The Kier molecular flexibility index (Phi) is 5.70. The Morgan fingerprint density at radius 3 is 2.76 bits per heavy atom. The maximum Gasteiger partial charge on any atom is 0.249 e. The lowest BCUT2D eigenvalue weighted by Gasteiger charge is -2.43. The van der Waals surface area contributed by atoms with E-state index in [4.69, 9.17) is 9.84 Å². The third-order valence-electron chi connectivity index (χ3n) is 5.22. The molecule has 2 amide bonds. The molecule has 8 heteroatoms. The molecule has 0 bridgehead atoms. The van der Waals surface area contributed by atoms with Crippen molar-refractivity contribution in [2.75, 3.05) is 40.0 Å². The Bertz CT molecular complexity index is 610. The molecule has 1 saturated heterocycles. The molecular weight excluding hydrogens is 324 g/mol. The average Bonchev–Trinajstić information content (AvgIpc) is 3.10. The Morgan fingerprint density at radius 2 is 2.08 bits per heavy atom. The van der Waals surface area contributed by atoms with Crippen molar-refractivity contribution >= 4 is 11.8 Å². The molecule has 1 aromatic rings. The fourth-order valence-corrected chi connectivity index (χ4v) is 3.99. The van der Waals surface area contributed by atoms with Crippen LogP contribution in [0, 0.1) is 5.92 Å². The summed E-state index contributed by atoms with van der Waals surface area (Å²) in [7, 11) is 1.53. The number of aliphatic hydroxyl groups is 1. The first-order valence-electron chi connectivity index (χ1n) is 8.85. The van der Waals surface area contributed by atoms with Crippen LogP contribution in [-0.2, 0) is 20.7 Å². The molecule has 3 heterocycles. The van der Waals surface area contributed by atoms with Crippen molar-refractivity contribution < 1.29 is 19.4 Å². The van der Waals surface area contributed by atoms with Crippen LogP contribution in [0.5, 0.6) is 0 Å². The fraction of sp³-hybridized carbons (Fsp3) is 0.706. The molecule has 2 aliphatic rings. The number of methoxy groups -OCH3 is 1. The summed E-state index contributed by atoms with van der Waals surface area (Å²) in [6, 6.07) is -0.0623. The number of H-pyrrole nitrogens is 1. The Hall–Kier alpha value is -1.93. The maximum atomic E-state index is 12.5. The van der Waals surface area contributed by atoms with Gasteiger partial charge in [0.1, 0.15) is 6.61 Å². The standard InChI is InChI=1S/C17H26N4O4/c1-25-10-15(24)21-8-4-13-16(19-11-18-13)17(21)12-2-6-20(7-3-12)14(23)5-9-22/h11-12,17,22H,2-10H2,1H3,(H,18,19). The van der Waals surface area contributed by atoms with E-state index in [1.165, 1.54) is 7.11 Å². The molecule has 2 aliphatic heterocycles. The van der Waals surface area contributed by atoms with E-state index in [9.17, 15) is 9.59 Å². The number of nitrogens with zero attached hydrogens (tertiary/aromatic N) is 3. The van der Waals surface area contributed by atoms with Gasteiger partial charge < -0.3 is 24.6 Å². The van der Waals surface area contributed by atoms with Crippen LogP contribution in [0.3, 0.4) is 0 Å². The van der Waals surface area contributed by atoms with Crippen molar-refractivity contribution in [2.24, 2.45) is 5.92 Å². The number of rotatable bonds is 5. The average molecular weight is 350 g/mol. The van der Waals surface area contributed by atoms with Gasteiger partial charge in [-0.3, -0.25) is 9.59 Å². The van der Waals surface area contributed by atoms with Gasteiger partial charge in [-0.15, -0.1) is 0 Å². The van der Waals surface area contributed by atoms with Gasteiger partial charge in [-0.05, 0) is 18.8 Å². The summed E-state index contributed by atoms with van der Waals surface area (Å²) >= 11 is 0. The summed E-state index contributed by atoms with van der Waals surface area (Å²) in [5.41, 5.74) is 2.06. The number of nitrogens with one attached hydrogen (secondary N) is 1. The van der Waals surface area contributed by atoms with Crippen LogP contribution < -0.4 is 0 Å². The highest BCUT2D eigenvalue weighted by Gasteiger charge is 2.39. The first kappa shape index (κ1) is 17.9. The van der Waals surface area contributed by atoms with Crippen molar-refractivity contribution in [1.82, 2.24) is 19.8 Å². The van der Waals surface area contributed by atoms with E-state index in [-0.39, 0.29) is 43.4 Å². The molecule has 0 radical (unpaired) electrons. The molecule has 0 aliphatic carbocycles. The van der Waals surface area contributed by atoms with Gasteiger partial charge >= 0.3 is 0 Å². The monoisotopic (exact) mass is 350 g/mol.